The third-order valence-corrected chi connectivity index (χ3v) is 1.50. The van der Waals surface area contributed by atoms with E-state index in [2.05, 4.69) is 20.7 Å². The molecule has 0 atom stereocenters. The van der Waals surface area contributed by atoms with E-state index in [1.54, 1.807) is 24.3 Å². The van der Waals surface area contributed by atoms with E-state index in [1.807, 2.05) is 0 Å². The van der Waals surface area contributed by atoms with Gasteiger partial charge in [0.2, 0.25) is 5.96 Å². The summed E-state index contributed by atoms with van der Waals surface area (Å²) < 4.78 is 0. The van der Waals surface area contributed by atoms with Crippen molar-refractivity contribution in [3.63, 3.8) is 0 Å². The molecular weight excluding hydrogens is 208 g/mol. The first-order chi connectivity index (χ1) is 7.70. The summed E-state index contributed by atoms with van der Waals surface area (Å²) in [6.07, 6.45) is 2.65. The van der Waals surface area contributed by atoms with Crippen LogP contribution >= 0.6 is 0 Å². The number of hydrogen-bond acceptors (Lipinski definition) is 4. The average molecular weight is 220 g/mol. The van der Waals surface area contributed by atoms with Crippen LogP contribution in [0.2, 0.25) is 0 Å². The smallest absolute Gasteiger partial charge is 0.211 e. The van der Waals surface area contributed by atoms with Crippen LogP contribution in [-0.2, 0) is 0 Å². The van der Waals surface area contributed by atoms with Crippen LogP contribution in [0.1, 0.15) is 5.56 Å². The lowest BCUT2D eigenvalue weighted by Gasteiger charge is -1.95. The van der Waals surface area contributed by atoms with Gasteiger partial charge >= 0.3 is 0 Å². The molecule has 0 aliphatic carbocycles. The highest BCUT2D eigenvalue weighted by Gasteiger charge is 1.93. The van der Waals surface area contributed by atoms with Gasteiger partial charge in [0.05, 0.1) is 6.21 Å². The van der Waals surface area contributed by atoms with Crippen LogP contribution in [0, 0.1) is 0 Å². The zero-order valence-corrected chi connectivity index (χ0v) is 8.41. The highest BCUT2D eigenvalue weighted by atomic mass is 16.3. The van der Waals surface area contributed by atoms with Crippen molar-refractivity contribution >= 4 is 18.5 Å². The number of guanidine groups is 1. The molecule has 1 aromatic rings. The van der Waals surface area contributed by atoms with Crippen LogP contribution in [0.25, 0.3) is 0 Å². The molecule has 0 saturated heterocycles. The monoisotopic (exact) mass is 220 g/mol. The molecule has 1 aromatic carbocycles. The van der Waals surface area contributed by atoms with Crippen molar-refractivity contribution in [2.75, 3.05) is 0 Å². The largest absolute Gasteiger partial charge is 0.507 e. The van der Waals surface area contributed by atoms with Gasteiger partial charge in [-0.1, -0.05) is 12.1 Å². The predicted octanol–water partition coefficient (Wildman–Crippen LogP) is -0.468. The van der Waals surface area contributed by atoms with Gasteiger partial charge in [-0.2, -0.15) is 5.10 Å². The quantitative estimate of drug-likeness (QED) is 0.311. The molecule has 84 valence electrons. The Hall–Kier alpha value is -2.57. The Labute approximate surface area is 92.2 Å². The van der Waals surface area contributed by atoms with Crippen LogP contribution in [0.3, 0.4) is 0 Å². The second-order valence-electron chi connectivity index (χ2n) is 2.72. The van der Waals surface area contributed by atoms with Crippen molar-refractivity contribution in [1.82, 2.24) is 5.43 Å². The maximum absolute atomic E-state index is 9.38. The Balaban J connectivity index is 2.47. The fourth-order valence-electron chi connectivity index (χ4n) is 0.858. The number of benzene rings is 1. The maximum atomic E-state index is 9.38. The summed E-state index contributed by atoms with van der Waals surface area (Å²) in [5, 5.41) is 19.9. The van der Waals surface area contributed by atoms with Crippen LogP contribution < -0.4 is 16.9 Å². The van der Waals surface area contributed by atoms with Gasteiger partial charge in [-0.3, -0.25) is 5.43 Å². The van der Waals surface area contributed by atoms with Crippen LogP contribution in [0.5, 0.6) is 5.75 Å². The molecule has 0 heterocycles. The average Bonchev–Trinajstić information content (AvgIpc) is 2.25. The van der Waals surface area contributed by atoms with Gasteiger partial charge in [0, 0.05) is 5.56 Å². The van der Waals surface area contributed by atoms with E-state index in [0.29, 0.717) is 5.56 Å². The molecule has 0 bridgehead atoms. The van der Waals surface area contributed by atoms with Gasteiger partial charge in [0.1, 0.15) is 12.1 Å². The SMILES string of the molecule is NC(N)=NN=CN/N=C/c1ccccc1O. The van der Waals surface area contributed by atoms with E-state index >= 15 is 0 Å². The molecule has 0 aromatic heterocycles. The molecule has 7 heteroatoms. The van der Waals surface area contributed by atoms with Crippen LogP contribution in [-0.4, -0.2) is 23.6 Å². The molecular formula is C9H12N6O. The number of hydrazone groups is 1. The minimum absolute atomic E-state index is 0.136. The van der Waals surface area contributed by atoms with E-state index in [-0.39, 0.29) is 11.7 Å². The molecule has 16 heavy (non-hydrogen) atoms. The Kier molecular flexibility index (Phi) is 4.33. The minimum Gasteiger partial charge on any atom is -0.507 e. The zero-order chi connectivity index (χ0) is 11.8. The van der Waals surface area contributed by atoms with Gasteiger partial charge in [-0.15, -0.1) is 10.2 Å². The summed E-state index contributed by atoms with van der Waals surface area (Å²) in [7, 11) is 0. The summed E-state index contributed by atoms with van der Waals surface area (Å²) in [6, 6.07) is 6.79. The molecule has 0 saturated carbocycles. The first-order valence-electron chi connectivity index (χ1n) is 4.37. The van der Waals surface area contributed by atoms with Crippen LogP contribution in [0.4, 0.5) is 0 Å². The third kappa shape index (κ3) is 4.09. The number of phenols is 1. The lowest BCUT2D eigenvalue weighted by Crippen LogP contribution is -2.22. The molecule has 6 N–H and O–H groups in total. The molecule has 0 radical (unpaired) electrons. The first-order valence-corrected chi connectivity index (χ1v) is 4.37. The Bertz CT molecular complexity index is 422. The number of hydrogen-bond donors (Lipinski definition) is 4. The molecule has 0 aliphatic rings. The van der Waals surface area contributed by atoms with E-state index in [9.17, 15) is 5.11 Å². The van der Waals surface area contributed by atoms with Gasteiger partial charge in [0.15, 0.2) is 0 Å². The van der Waals surface area contributed by atoms with Crippen molar-refractivity contribution in [3.05, 3.63) is 29.8 Å². The Morgan fingerprint density at radius 1 is 1.31 bits per heavy atom. The fourth-order valence-corrected chi connectivity index (χ4v) is 0.858. The number of nitrogens with zero attached hydrogens (tertiary/aromatic N) is 3. The second-order valence-corrected chi connectivity index (χ2v) is 2.72. The molecule has 7 nitrogen and oxygen atoms in total. The lowest BCUT2D eigenvalue weighted by molar-refractivity contribution is 0.474. The molecule has 0 fully saturated rings. The van der Waals surface area contributed by atoms with Crippen molar-refractivity contribution in [2.45, 2.75) is 0 Å². The Morgan fingerprint density at radius 3 is 2.75 bits per heavy atom. The predicted molar refractivity (Wildman–Crippen MR) is 63.1 cm³/mol. The van der Waals surface area contributed by atoms with Crippen LogP contribution in [0.15, 0.2) is 39.6 Å². The number of phenolic OH excluding ortho intramolecular Hbond substituents is 1. The highest BCUT2D eigenvalue weighted by molar-refractivity contribution is 5.83. The molecule has 0 unspecified atom stereocenters. The number of aromatic hydroxyl groups is 1. The number of rotatable bonds is 4. The zero-order valence-electron chi connectivity index (χ0n) is 8.41. The fraction of sp³-hybridized carbons (Fsp3) is 0. The van der Waals surface area contributed by atoms with Crippen molar-refractivity contribution < 1.29 is 5.11 Å². The third-order valence-electron chi connectivity index (χ3n) is 1.50. The summed E-state index contributed by atoms with van der Waals surface area (Å²) >= 11 is 0. The Morgan fingerprint density at radius 2 is 2.06 bits per heavy atom. The number of para-hydroxylation sites is 1. The lowest BCUT2D eigenvalue weighted by atomic mass is 10.2. The summed E-state index contributed by atoms with van der Waals surface area (Å²) in [5.74, 6) is 0.0111. The molecule has 0 amide bonds. The van der Waals surface area contributed by atoms with Crippen molar-refractivity contribution in [2.24, 2.45) is 26.8 Å². The maximum Gasteiger partial charge on any atom is 0.211 e. The topological polar surface area (TPSA) is 121 Å². The minimum atomic E-state index is -0.136. The number of nitrogens with one attached hydrogen (secondary N) is 1. The highest BCUT2D eigenvalue weighted by Crippen LogP contribution is 2.12. The van der Waals surface area contributed by atoms with E-state index in [1.165, 1.54) is 12.6 Å². The summed E-state index contributed by atoms with van der Waals surface area (Å²) in [4.78, 5) is 0. The molecule has 0 aliphatic heterocycles. The second kappa shape index (κ2) is 6.02. The normalized spacial score (nSPS) is 10.8. The molecule has 1 rings (SSSR count). The van der Waals surface area contributed by atoms with Gasteiger partial charge < -0.3 is 16.6 Å². The van der Waals surface area contributed by atoms with Crippen molar-refractivity contribution in [1.29, 1.82) is 0 Å². The first kappa shape index (κ1) is 11.5. The van der Waals surface area contributed by atoms with E-state index < -0.39 is 0 Å². The summed E-state index contributed by atoms with van der Waals surface area (Å²) in [5.41, 5.74) is 13.1. The standard InChI is InChI=1S/C9H12N6O/c10-9(11)15-14-6-13-12-5-7-3-1-2-4-8(7)16/h1-6,16H,(H,13,14)(H4,10,11,15)/b12-5+. The van der Waals surface area contributed by atoms with E-state index in [0.717, 1.165) is 0 Å². The van der Waals surface area contributed by atoms with Gasteiger partial charge in [0.25, 0.3) is 0 Å². The summed E-state index contributed by atoms with van der Waals surface area (Å²) in [6.45, 7) is 0. The van der Waals surface area contributed by atoms with E-state index in [4.69, 9.17) is 11.5 Å². The molecule has 0 spiro atoms. The van der Waals surface area contributed by atoms with Crippen molar-refractivity contribution in [3.8, 4) is 5.75 Å². The van der Waals surface area contributed by atoms with Gasteiger partial charge in [-0.05, 0) is 12.1 Å². The number of nitrogens with two attached hydrogens (primary N) is 2. The van der Waals surface area contributed by atoms with Gasteiger partial charge in [-0.25, -0.2) is 0 Å².